The summed E-state index contributed by atoms with van der Waals surface area (Å²) in [5.41, 5.74) is 1.28. The summed E-state index contributed by atoms with van der Waals surface area (Å²) in [7, 11) is 0. The highest BCUT2D eigenvalue weighted by atomic mass is 16.5. The van der Waals surface area contributed by atoms with E-state index < -0.39 is 0 Å². The first-order valence-corrected chi connectivity index (χ1v) is 8.36. The molecule has 0 bridgehead atoms. The molecule has 0 atom stereocenters. The molecule has 1 saturated heterocycles. The van der Waals surface area contributed by atoms with Gasteiger partial charge in [-0.3, -0.25) is 9.80 Å². The normalized spacial score (nSPS) is 27.8. The molecule has 1 aliphatic carbocycles. The summed E-state index contributed by atoms with van der Waals surface area (Å²) in [6.45, 7) is 10.3. The lowest BCUT2D eigenvalue weighted by Gasteiger charge is -2.46. The van der Waals surface area contributed by atoms with Crippen LogP contribution in [0.25, 0.3) is 0 Å². The van der Waals surface area contributed by atoms with Crippen LogP contribution >= 0.6 is 0 Å². The van der Waals surface area contributed by atoms with Gasteiger partial charge >= 0.3 is 0 Å². The molecule has 1 aromatic rings. The minimum atomic E-state index is 0.471. The topological polar surface area (TPSA) is 15.7 Å². The second-order valence-electron chi connectivity index (χ2n) is 6.71. The summed E-state index contributed by atoms with van der Waals surface area (Å²) < 4.78 is 6.01. The van der Waals surface area contributed by atoms with Gasteiger partial charge in [-0.1, -0.05) is 30.3 Å². The number of nitrogens with zero attached hydrogens (tertiary/aromatic N) is 2. The molecule has 0 amide bonds. The third-order valence-corrected chi connectivity index (χ3v) is 4.99. The molecule has 0 radical (unpaired) electrons. The Morgan fingerprint density at radius 1 is 1.05 bits per heavy atom. The van der Waals surface area contributed by atoms with E-state index in [-0.39, 0.29) is 0 Å². The van der Waals surface area contributed by atoms with Gasteiger partial charge in [-0.05, 0) is 32.3 Å². The maximum Gasteiger partial charge on any atom is 0.0720 e. The van der Waals surface area contributed by atoms with Gasteiger partial charge in [-0.15, -0.1) is 0 Å². The van der Waals surface area contributed by atoms with Crippen molar-refractivity contribution in [2.24, 2.45) is 0 Å². The molecule has 3 heteroatoms. The molecule has 0 N–H and O–H groups in total. The lowest BCUT2D eigenvalue weighted by molar-refractivity contribution is -0.0688. The third kappa shape index (κ3) is 3.85. The highest BCUT2D eigenvalue weighted by Gasteiger charge is 2.35. The minimum Gasteiger partial charge on any atom is -0.373 e. The van der Waals surface area contributed by atoms with Gasteiger partial charge in [-0.2, -0.15) is 0 Å². The van der Waals surface area contributed by atoms with Gasteiger partial charge in [0.1, 0.15) is 0 Å². The highest BCUT2D eigenvalue weighted by molar-refractivity contribution is 5.13. The van der Waals surface area contributed by atoms with E-state index in [4.69, 9.17) is 4.74 Å². The summed E-state index contributed by atoms with van der Waals surface area (Å²) >= 11 is 0. The van der Waals surface area contributed by atoms with Crippen LogP contribution < -0.4 is 0 Å². The fourth-order valence-electron chi connectivity index (χ4n) is 3.38. The molecule has 116 valence electrons. The molecule has 3 nitrogen and oxygen atoms in total. The average Bonchev–Trinajstić information content (AvgIpc) is 2.47. The first-order chi connectivity index (χ1) is 10.2. The van der Waals surface area contributed by atoms with Crippen LogP contribution in [0.4, 0.5) is 0 Å². The van der Waals surface area contributed by atoms with Gasteiger partial charge in [0.15, 0.2) is 0 Å². The third-order valence-electron chi connectivity index (χ3n) is 4.99. The molecule has 2 fully saturated rings. The quantitative estimate of drug-likeness (QED) is 0.828. The fourth-order valence-corrected chi connectivity index (χ4v) is 3.38. The number of rotatable bonds is 5. The van der Waals surface area contributed by atoms with E-state index in [1.54, 1.807) is 0 Å². The SMILES string of the molecule is CC(C)N1CCN(C2CC(OCc3ccccc3)C2)CC1. The second-order valence-corrected chi connectivity index (χ2v) is 6.71. The van der Waals surface area contributed by atoms with Gasteiger partial charge in [0.05, 0.1) is 12.7 Å². The van der Waals surface area contributed by atoms with Crippen molar-refractivity contribution in [1.82, 2.24) is 9.80 Å². The molecule has 0 unspecified atom stereocenters. The summed E-state index contributed by atoms with van der Waals surface area (Å²) in [6.07, 6.45) is 2.90. The first kappa shape index (κ1) is 15.0. The predicted molar refractivity (Wildman–Crippen MR) is 86.3 cm³/mol. The van der Waals surface area contributed by atoms with E-state index in [1.165, 1.54) is 44.6 Å². The monoisotopic (exact) mass is 288 g/mol. The molecule has 0 spiro atoms. The Hall–Kier alpha value is -0.900. The molecular weight excluding hydrogens is 260 g/mol. The van der Waals surface area contributed by atoms with Crippen molar-refractivity contribution in [3.8, 4) is 0 Å². The predicted octanol–water partition coefficient (Wildman–Crippen LogP) is 2.76. The Morgan fingerprint density at radius 2 is 1.71 bits per heavy atom. The minimum absolute atomic E-state index is 0.471. The molecule has 3 rings (SSSR count). The molecule has 0 aromatic heterocycles. The molecule has 1 saturated carbocycles. The van der Waals surface area contributed by atoms with Crippen LogP contribution in [0.1, 0.15) is 32.3 Å². The zero-order valence-electron chi connectivity index (χ0n) is 13.4. The van der Waals surface area contributed by atoms with Gasteiger partial charge in [0.2, 0.25) is 0 Å². The molecule has 1 aliphatic heterocycles. The lowest BCUT2D eigenvalue weighted by Crippen LogP contribution is -2.56. The average molecular weight is 288 g/mol. The molecule has 1 heterocycles. The molecular formula is C18H28N2O. The van der Waals surface area contributed by atoms with Gasteiger partial charge in [0.25, 0.3) is 0 Å². The van der Waals surface area contributed by atoms with Crippen LogP contribution in [-0.2, 0) is 11.3 Å². The number of benzene rings is 1. The molecule has 2 aliphatic rings. The smallest absolute Gasteiger partial charge is 0.0720 e. The Balaban J connectivity index is 1.35. The zero-order chi connectivity index (χ0) is 14.7. The molecule has 21 heavy (non-hydrogen) atoms. The van der Waals surface area contributed by atoms with Crippen LogP contribution in [0.3, 0.4) is 0 Å². The van der Waals surface area contributed by atoms with Crippen molar-refractivity contribution >= 4 is 0 Å². The van der Waals surface area contributed by atoms with E-state index in [0.29, 0.717) is 12.1 Å². The van der Waals surface area contributed by atoms with E-state index in [9.17, 15) is 0 Å². The first-order valence-electron chi connectivity index (χ1n) is 8.36. The van der Waals surface area contributed by atoms with Crippen molar-refractivity contribution in [3.63, 3.8) is 0 Å². The van der Waals surface area contributed by atoms with Crippen LogP contribution in [0.2, 0.25) is 0 Å². The largest absolute Gasteiger partial charge is 0.373 e. The number of ether oxygens (including phenoxy) is 1. The van der Waals surface area contributed by atoms with E-state index in [0.717, 1.165) is 12.6 Å². The van der Waals surface area contributed by atoms with Crippen molar-refractivity contribution in [2.45, 2.75) is 51.5 Å². The lowest BCUT2D eigenvalue weighted by atomic mass is 9.87. The van der Waals surface area contributed by atoms with Crippen LogP contribution in [0.15, 0.2) is 30.3 Å². The van der Waals surface area contributed by atoms with E-state index in [2.05, 4.69) is 54.0 Å². The number of piperazine rings is 1. The summed E-state index contributed by atoms with van der Waals surface area (Å²) in [5, 5.41) is 0. The summed E-state index contributed by atoms with van der Waals surface area (Å²) in [6, 6.07) is 11.9. The van der Waals surface area contributed by atoms with Crippen molar-refractivity contribution in [2.75, 3.05) is 26.2 Å². The standard InChI is InChI=1S/C18H28N2O/c1-15(2)19-8-10-20(11-9-19)17-12-18(13-17)21-14-16-6-4-3-5-7-16/h3-7,15,17-18H,8-14H2,1-2H3. The molecule has 1 aromatic carbocycles. The van der Waals surface area contributed by atoms with E-state index in [1.807, 2.05) is 0 Å². The Kier molecular flexibility index (Phi) is 4.94. The highest BCUT2D eigenvalue weighted by Crippen LogP contribution is 2.30. The second kappa shape index (κ2) is 6.91. The van der Waals surface area contributed by atoms with E-state index >= 15 is 0 Å². The Labute approximate surface area is 128 Å². The van der Waals surface area contributed by atoms with Crippen LogP contribution in [-0.4, -0.2) is 54.2 Å². The van der Waals surface area contributed by atoms with Crippen molar-refractivity contribution < 1.29 is 4.74 Å². The van der Waals surface area contributed by atoms with Crippen LogP contribution in [0.5, 0.6) is 0 Å². The van der Waals surface area contributed by atoms with Gasteiger partial charge in [-0.25, -0.2) is 0 Å². The number of hydrogen-bond donors (Lipinski definition) is 0. The van der Waals surface area contributed by atoms with Gasteiger partial charge in [0, 0.05) is 38.3 Å². The maximum absolute atomic E-state index is 6.01. The van der Waals surface area contributed by atoms with Crippen molar-refractivity contribution in [1.29, 1.82) is 0 Å². The summed E-state index contributed by atoms with van der Waals surface area (Å²) in [4.78, 5) is 5.25. The maximum atomic E-state index is 6.01. The number of hydrogen-bond acceptors (Lipinski definition) is 3. The Morgan fingerprint density at radius 3 is 2.33 bits per heavy atom. The van der Waals surface area contributed by atoms with Crippen molar-refractivity contribution in [3.05, 3.63) is 35.9 Å². The van der Waals surface area contributed by atoms with Gasteiger partial charge < -0.3 is 4.74 Å². The summed E-state index contributed by atoms with van der Waals surface area (Å²) in [5.74, 6) is 0. The zero-order valence-corrected chi connectivity index (χ0v) is 13.4. The van der Waals surface area contributed by atoms with Crippen LogP contribution in [0, 0.1) is 0 Å². The fraction of sp³-hybridized carbons (Fsp3) is 0.667. The Bertz CT molecular complexity index is 420.